The van der Waals surface area contributed by atoms with E-state index in [2.05, 4.69) is 23.5 Å². The lowest BCUT2D eigenvalue weighted by Gasteiger charge is -2.36. The van der Waals surface area contributed by atoms with Crippen molar-refractivity contribution in [3.63, 3.8) is 0 Å². The van der Waals surface area contributed by atoms with Crippen LogP contribution in [0.3, 0.4) is 0 Å². The topological polar surface area (TPSA) is 93.1 Å². The number of ether oxygens (including phenoxy) is 2. The molecule has 1 N–H and O–H groups in total. The van der Waals surface area contributed by atoms with Gasteiger partial charge in [-0.15, -0.1) is 11.8 Å². The van der Waals surface area contributed by atoms with Crippen molar-refractivity contribution in [1.82, 2.24) is 0 Å². The largest absolute Gasteiger partial charge is 0.489 e. The number of rotatable bonds is 10. The van der Waals surface area contributed by atoms with Gasteiger partial charge >= 0.3 is 5.97 Å². The summed E-state index contributed by atoms with van der Waals surface area (Å²) in [4.78, 5) is 14.6. The van der Waals surface area contributed by atoms with Crippen molar-refractivity contribution in [2.24, 2.45) is 5.41 Å². The van der Waals surface area contributed by atoms with Crippen LogP contribution in [0.4, 0.5) is 11.4 Å². The first-order valence-corrected chi connectivity index (χ1v) is 14.7. The Balaban J connectivity index is 2.16. The maximum absolute atomic E-state index is 13.8. The maximum Gasteiger partial charge on any atom is 0.338 e. The molecule has 0 spiro atoms. The highest BCUT2D eigenvalue weighted by Crippen LogP contribution is 2.47. The molecule has 0 unspecified atom stereocenters. The van der Waals surface area contributed by atoms with E-state index in [1.807, 2.05) is 42.7 Å². The van der Waals surface area contributed by atoms with Gasteiger partial charge in [0.2, 0.25) is 0 Å². The van der Waals surface area contributed by atoms with E-state index in [1.54, 1.807) is 6.07 Å². The van der Waals surface area contributed by atoms with Crippen molar-refractivity contribution in [3.8, 4) is 5.75 Å². The zero-order valence-corrected chi connectivity index (χ0v) is 22.5. The van der Waals surface area contributed by atoms with Gasteiger partial charge in [-0.25, -0.2) is 13.2 Å². The molecule has 3 rings (SSSR count). The van der Waals surface area contributed by atoms with Crippen molar-refractivity contribution >= 4 is 38.9 Å². The van der Waals surface area contributed by atoms with Crippen LogP contribution in [0.5, 0.6) is 5.75 Å². The molecule has 0 aromatic heterocycles. The summed E-state index contributed by atoms with van der Waals surface area (Å²) in [6.07, 6.45) is 3.93. The normalized spacial score (nSPS) is 20.0. The number of esters is 1. The number of methoxy groups -OCH3 is 1. The number of aliphatic hydroxyl groups is 1. The molecular formula is C26H35NO6S2. The van der Waals surface area contributed by atoms with Gasteiger partial charge in [0.1, 0.15) is 12.4 Å². The van der Waals surface area contributed by atoms with E-state index in [9.17, 15) is 18.3 Å². The molecule has 1 aliphatic rings. The molecule has 0 fully saturated rings. The Morgan fingerprint density at radius 1 is 1.23 bits per heavy atom. The van der Waals surface area contributed by atoms with Crippen LogP contribution in [0.2, 0.25) is 0 Å². The van der Waals surface area contributed by atoms with Crippen molar-refractivity contribution < 1.29 is 27.8 Å². The molecule has 7 nitrogen and oxygen atoms in total. The molecule has 9 heteroatoms. The number of para-hydroxylation sites is 1. The third kappa shape index (κ3) is 6.13. The third-order valence-corrected chi connectivity index (χ3v) is 9.36. The van der Waals surface area contributed by atoms with Gasteiger partial charge in [0.15, 0.2) is 15.9 Å². The molecule has 35 heavy (non-hydrogen) atoms. The average molecular weight is 522 g/mol. The summed E-state index contributed by atoms with van der Waals surface area (Å²) in [7, 11) is -2.48. The Labute approximate surface area is 212 Å². The van der Waals surface area contributed by atoms with Gasteiger partial charge in [-0.2, -0.15) is 0 Å². The lowest BCUT2D eigenvalue weighted by molar-refractivity contribution is -0.151. The molecule has 0 bridgehead atoms. The Morgan fingerprint density at radius 3 is 2.54 bits per heavy atom. The molecule has 0 aliphatic carbocycles. The molecule has 1 heterocycles. The van der Waals surface area contributed by atoms with Crippen LogP contribution < -0.4 is 9.64 Å². The number of fused-ring (bicyclic) bond motifs is 1. The Morgan fingerprint density at radius 2 is 1.94 bits per heavy atom. The first-order valence-electron chi connectivity index (χ1n) is 11.9. The molecular weight excluding hydrogens is 486 g/mol. The number of carbonyl (C=O) groups excluding carboxylic acids is 1. The number of benzene rings is 2. The van der Waals surface area contributed by atoms with Gasteiger partial charge in [0.05, 0.1) is 28.3 Å². The maximum atomic E-state index is 13.8. The lowest BCUT2D eigenvalue weighted by atomic mass is 9.81. The summed E-state index contributed by atoms with van der Waals surface area (Å²) in [6, 6.07) is 13.2. The second kappa shape index (κ2) is 11.7. The lowest BCUT2D eigenvalue weighted by Crippen LogP contribution is -2.37. The Kier molecular flexibility index (Phi) is 9.12. The molecule has 0 saturated carbocycles. The second-order valence-corrected chi connectivity index (χ2v) is 11.8. The van der Waals surface area contributed by atoms with Gasteiger partial charge in [-0.3, -0.25) is 0 Å². The molecule has 0 saturated heterocycles. The zero-order chi connectivity index (χ0) is 25.6. The highest BCUT2D eigenvalue weighted by molar-refractivity contribution is 7.98. The predicted octanol–water partition coefficient (Wildman–Crippen LogP) is 4.83. The summed E-state index contributed by atoms with van der Waals surface area (Å²) < 4.78 is 38.0. The Bertz CT molecular complexity index is 1120. The van der Waals surface area contributed by atoms with Crippen molar-refractivity contribution in [2.45, 2.75) is 55.4 Å². The molecule has 192 valence electrons. The van der Waals surface area contributed by atoms with E-state index in [4.69, 9.17) is 4.74 Å². The van der Waals surface area contributed by atoms with Crippen LogP contribution in [0.1, 0.15) is 39.5 Å². The number of sulfone groups is 1. The predicted molar refractivity (Wildman–Crippen MR) is 139 cm³/mol. The number of aliphatic hydroxyl groups excluding tert-OH is 1. The summed E-state index contributed by atoms with van der Waals surface area (Å²) in [5.41, 5.74) is 1.15. The molecule has 0 radical (unpaired) electrons. The van der Waals surface area contributed by atoms with Crippen molar-refractivity contribution in [2.75, 3.05) is 37.2 Å². The van der Waals surface area contributed by atoms with Crippen LogP contribution in [0.25, 0.3) is 0 Å². The van der Waals surface area contributed by atoms with Gasteiger partial charge in [0, 0.05) is 23.7 Å². The third-order valence-electron chi connectivity index (χ3n) is 6.61. The minimum absolute atomic E-state index is 0.0513. The summed E-state index contributed by atoms with van der Waals surface area (Å²) in [5, 5.41) is 9.97. The van der Waals surface area contributed by atoms with E-state index in [0.29, 0.717) is 18.0 Å². The fraction of sp³-hybridized carbons (Fsp3) is 0.500. The van der Waals surface area contributed by atoms with E-state index < -0.39 is 27.3 Å². The highest BCUT2D eigenvalue weighted by Gasteiger charge is 2.42. The van der Waals surface area contributed by atoms with Crippen LogP contribution in [0.15, 0.2) is 52.3 Å². The van der Waals surface area contributed by atoms with E-state index in [0.717, 1.165) is 36.3 Å². The van der Waals surface area contributed by atoms with Gasteiger partial charge in [0.25, 0.3) is 0 Å². The first-order chi connectivity index (χ1) is 16.7. The summed E-state index contributed by atoms with van der Waals surface area (Å²) in [5.74, 6) is -0.444. The zero-order valence-electron chi connectivity index (χ0n) is 20.8. The van der Waals surface area contributed by atoms with E-state index in [1.165, 1.54) is 18.9 Å². The average Bonchev–Trinajstić information content (AvgIpc) is 2.97. The number of hydrogen-bond acceptors (Lipinski definition) is 8. The highest BCUT2D eigenvalue weighted by atomic mass is 32.2. The quantitative estimate of drug-likeness (QED) is 0.351. The van der Waals surface area contributed by atoms with E-state index >= 15 is 0 Å². The van der Waals surface area contributed by atoms with Crippen LogP contribution >= 0.6 is 11.8 Å². The first kappa shape index (κ1) is 27.4. The fourth-order valence-electron chi connectivity index (χ4n) is 4.51. The van der Waals surface area contributed by atoms with Crippen molar-refractivity contribution in [3.05, 3.63) is 42.5 Å². The number of anilines is 2. The monoisotopic (exact) mass is 521 g/mol. The van der Waals surface area contributed by atoms with Crippen molar-refractivity contribution in [1.29, 1.82) is 0 Å². The standard InChI is InChI=1S/C26H35NO6S2/c1-5-7-13-26(6-2)17-27(19-11-9-8-10-12-19)20-14-23(34-4)22(15-24(20)35(30,31)18-26)33-16-21(28)25(29)32-3/h8-12,14-15,21,28H,5-7,13,16-18H2,1-4H3/t21-,26+/m0/s1. The number of unbranched alkanes of at least 4 members (excludes halogenated alkanes) is 1. The van der Waals surface area contributed by atoms with Crippen LogP contribution in [-0.4, -0.2) is 57.9 Å². The number of nitrogens with zero attached hydrogens (tertiary/aromatic N) is 1. The second-order valence-electron chi connectivity index (χ2n) is 8.96. The minimum Gasteiger partial charge on any atom is -0.489 e. The van der Waals surface area contributed by atoms with Gasteiger partial charge in [-0.1, -0.05) is 44.9 Å². The number of carbonyl (C=O) groups is 1. The molecule has 2 aromatic carbocycles. The molecule has 1 aliphatic heterocycles. The smallest absolute Gasteiger partial charge is 0.338 e. The minimum atomic E-state index is -3.66. The summed E-state index contributed by atoms with van der Waals surface area (Å²) in [6.45, 7) is 4.45. The van der Waals surface area contributed by atoms with E-state index in [-0.39, 0.29) is 17.3 Å². The van der Waals surface area contributed by atoms with Gasteiger partial charge in [-0.05, 0) is 37.3 Å². The number of thioether (sulfide) groups is 1. The van der Waals surface area contributed by atoms with Crippen LogP contribution in [0, 0.1) is 5.41 Å². The molecule has 0 amide bonds. The molecule has 2 atom stereocenters. The Hall–Kier alpha value is -2.23. The molecule has 2 aromatic rings. The summed E-state index contributed by atoms with van der Waals surface area (Å²) >= 11 is 1.41. The number of hydrogen-bond donors (Lipinski definition) is 1. The SMILES string of the molecule is CCCC[C@]1(CC)CN(c2ccccc2)c2cc(SC)c(OC[C@H](O)C(=O)OC)cc2S(=O)(=O)C1. The van der Waals surface area contributed by atoms with Gasteiger partial charge < -0.3 is 19.5 Å². The fourth-order valence-corrected chi connectivity index (χ4v) is 7.24. The van der Waals surface area contributed by atoms with Crippen LogP contribution in [-0.2, 0) is 19.4 Å².